The third-order valence-corrected chi connectivity index (χ3v) is 3.12. The first kappa shape index (κ1) is 14.6. The molecule has 0 aliphatic rings. The summed E-state index contributed by atoms with van der Waals surface area (Å²) in [5, 5.41) is 7.70. The summed E-state index contributed by atoms with van der Waals surface area (Å²) >= 11 is 0. The van der Waals surface area contributed by atoms with Crippen LogP contribution in [0.25, 0.3) is 0 Å². The van der Waals surface area contributed by atoms with Crippen LogP contribution in [0.3, 0.4) is 0 Å². The molecule has 4 nitrogen and oxygen atoms in total. The third kappa shape index (κ3) is 4.10. The summed E-state index contributed by atoms with van der Waals surface area (Å²) in [5.41, 5.74) is 3.36. The van der Waals surface area contributed by atoms with Crippen LogP contribution in [-0.2, 0) is 20.2 Å². The first-order valence-corrected chi connectivity index (χ1v) is 6.99. The molecule has 0 unspecified atom stereocenters. The second kappa shape index (κ2) is 6.57. The zero-order chi connectivity index (χ0) is 14.5. The van der Waals surface area contributed by atoms with Crippen LogP contribution in [-0.4, -0.2) is 15.8 Å². The minimum Gasteiger partial charge on any atom is -0.487 e. The van der Waals surface area contributed by atoms with E-state index in [2.05, 4.69) is 36.4 Å². The Balaban J connectivity index is 1.89. The van der Waals surface area contributed by atoms with E-state index < -0.39 is 0 Å². The van der Waals surface area contributed by atoms with Gasteiger partial charge in [0, 0.05) is 19.6 Å². The van der Waals surface area contributed by atoms with Crippen LogP contribution >= 0.6 is 0 Å². The van der Waals surface area contributed by atoms with Gasteiger partial charge < -0.3 is 10.1 Å². The highest BCUT2D eigenvalue weighted by Gasteiger charge is 2.03. The Morgan fingerprint density at radius 2 is 1.95 bits per heavy atom. The molecule has 0 saturated heterocycles. The summed E-state index contributed by atoms with van der Waals surface area (Å²) in [6, 6.07) is 10.8. The van der Waals surface area contributed by atoms with Gasteiger partial charge in [0.05, 0.1) is 11.4 Å². The fraction of sp³-hybridized carbons (Fsp3) is 0.438. The van der Waals surface area contributed by atoms with Gasteiger partial charge in [-0.15, -0.1) is 0 Å². The molecule has 1 N–H and O–H groups in total. The number of ether oxygens (including phenoxy) is 1. The minimum atomic E-state index is 0.499. The molecular formula is C16H23N3O. The maximum Gasteiger partial charge on any atom is 0.130 e. The van der Waals surface area contributed by atoms with Crippen LogP contribution in [0, 0.1) is 6.92 Å². The number of nitrogens with zero attached hydrogens (tertiary/aromatic N) is 2. The lowest BCUT2D eigenvalue weighted by molar-refractivity contribution is 0.295. The fourth-order valence-corrected chi connectivity index (χ4v) is 1.98. The van der Waals surface area contributed by atoms with Crippen LogP contribution in [0.2, 0.25) is 0 Å². The molecule has 2 aromatic rings. The molecule has 1 aromatic heterocycles. The number of nitrogens with one attached hydrogen (secondary N) is 1. The van der Waals surface area contributed by atoms with E-state index in [9.17, 15) is 0 Å². The van der Waals surface area contributed by atoms with E-state index in [0.717, 1.165) is 23.7 Å². The first-order chi connectivity index (χ1) is 9.54. The fourth-order valence-electron chi connectivity index (χ4n) is 1.98. The van der Waals surface area contributed by atoms with Crippen molar-refractivity contribution in [2.24, 2.45) is 7.05 Å². The van der Waals surface area contributed by atoms with Crippen molar-refractivity contribution in [3.8, 4) is 5.75 Å². The molecule has 1 aromatic carbocycles. The van der Waals surface area contributed by atoms with Crippen molar-refractivity contribution >= 4 is 0 Å². The second-order valence-corrected chi connectivity index (χ2v) is 5.37. The van der Waals surface area contributed by atoms with Gasteiger partial charge in [-0.25, -0.2) is 0 Å². The van der Waals surface area contributed by atoms with Crippen molar-refractivity contribution in [1.82, 2.24) is 15.1 Å². The first-order valence-electron chi connectivity index (χ1n) is 6.99. The van der Waals surface area contributed by atoms with Gasteiger partial charge in [0.15, 0.2) is 0 Å². The van der Waals surface area contributed by atoms with Gasteiger partial charge in [-0.3, -0.25) is 4.68 Å². The summed E-state index contributed by atoms with van der Waals surface area (Å²) < 4.78 is 7.64. The van der Waals surface area contributed by atoms with Crippen molar-refractivity contribution in [3.05, 3.63) is 47.3 Å². The SMILES string of the molecule is Cc1cc(COc2ccc(CNC(C)C)cc2)n(C)n1. The molecule has 0 saturated carbocycles. The molecule has 0 atom stereocenters. The lowest BCUT2D eigenvalue weighted by Gasteiger charge is -2.09. The molecule has 2 rings (SSSR count). The summed E-state index contributed by atoms with van der Waals surface area (Å²) in [6.07, 6.45) is 0. The van der Waals surface area contributed by atoms with Gasteiger partial charge in [-0.05, 0) is 30.7 Å². The maximum absolute atomic E-state index is 5.79. The van der Waals surface area contributed by atoms with Gasteiger partial charge in [0.25, 0.3) is 0 Å². The molecule has 0 radical (unpaired) electrons. The van der Waals surface area contributed by atoms with Crippen LogP contribution < -0.4 is 10.1 Å². The molecule has 0 spiro atoms. The Kier molecular flexibility index (Phi) is 4.79. The van der Waals surface area contributed by atoms with Gasteiger partial charge >= 0.3 is 0 Å². The summed E-state index contributed by atoms with van der Waals surface area (Å²) in [5.74, 6) is 0.886. The number of hydrogen-bond donors (Lipinski definition) is 1. The Hall–Kier alpha value is -1.81. The van der Waals surface area contributed by atoms with Gasteiger partial charge in [-0.2, -0.15) is 5.10 Å². The van der Waals surface area contributed by atoms with E-state index in [1.165, 1.54) is 5.56 Å². The Morgan fingerprint density at radius 1 is 1.25 bits per heavy atom. The van der Waals surface area contributed by atoms with E-state index in [0.29, 0.717) is 12.6 Å². The number of benzene rings is 1. The molecule has 0 bridgehead atoms. The summed E-state index contributed by atoms with van der Waals surface area (Å²) in [6.45, 7) is 7.71. The molecule has 0 aliphatic heterocycles. The van der Waals surface area contributed by atoms with E-state index in [1.807, 2.05) is 36.9 Å². The predicted octanol–water partition coefficient (Wildman–Crippen LogP) is 2.81. The largest absolute Gasteiger partial charge is 0.487 e. The summed E-state index contributed by atoms with van der Waals surface area (Å²) in [7, 11) is 1.94. The van der Waals surface area contributed by atoms with Crippen molar-refractivity contribution in [3.63, 3.8) is 0 Å². The number of aromatic nitrogens is 2. The highest BCUT2D eigenvalue weighted by atomic mass is 16.5. The Morgan fingerprint density at radius 3 is 2.50 bits per heavy atom. The zero-order valence-corrected chi connectivity index (χ0v) is 12.7. The standard InChI is InChI=1S/C16H23N3O/c1-12(2)17-10-14-5-7-16(8-6-14)20-11-15-9-13(3)18-19(15)4/h5-9,12,17H,10-11H2,1-4H3. The van der Waals surface area contributed by atoms with E-state index in [4.69, 9.17) is 4.74 Å². The molecule has 1 heterocycles. The molecule has 20 heavy (non-hydrogen) atoms. The molecule has 0 amide bonds. The lowest BCUT2D eigenvalue weighted by atomic mass is 10.2. The third-order valence-electron chi connectivity index (χ3n) is 3.12. The second-order valence-electron chi connectivity index (χ2n) is 5.37. The molecule has 0 fully saturated rings. The predicted molar refractivity (Wildman–Crippen MR) is 80.7 cm³/mol. The van der Waals surface area contributed by atoms with Crippen molar-refractivity contribution in [2.45, 2.75) is 40.0 Å². The van der Waals surface area contributed by atoms with Crippen molar-refractivity contribution in [1.29, 1.82) is 0 Å². The summed E-state index contributed by atoms with van der Waals surface area (Å²) in [4.78, 5) is 0. The van der Waals surface area contributed by atoms with E-state index in [-0.39, 0.29) is 0 Å². The zero-order valence-electron chi connectivity index (χ0n) is 12.7. The topological polar surface area (TPSA) is 39.1 Å². The normalized spacial score (nSPS) is 11.1. The molecule has 0 aliphatic carbocycles. The van der Waals surface area contributed by atoms with Crippen LogP contribution in [0.15, 0.2) is 30.3 Å². The van der Waals surface area contributed by atoms with Crippen molar-refractivity contribution < 1.29 is 4.74 Å². The van der Waals surface area contributed by atoms with Crippen LogP contribution in [0.5, 0.6) is 5.75 Å². The van der Waals surface area contributed by atoms with Crippen LogP contribution in [0.1, 0.15) is 30.8 Å². The maximum atomic E-state index is 5.79. The Labute approximate surface area is 120 Å². The van der Waals surface area contributed by atoms with Crippen LogP contribution in [0.4, 0.5) is 0 Å². The quantitative estimate of drug-likeness (QED) is 0.879. The highest BCUT2D eigenvalue weighted by molar-refractivity contribution is 5.27. The minimum absolute atomic E-state index is 0.499. The van der Waals surface area contributed by atoms with E-state index >= 15 is 0 Å². The molecule has 108 valence electrons. The van der Waals surface area contributed by atoms with Crippen molar-refractivity contribution in [2.75, 3.05) is 0 Å². The van der Waals surface area contributed by atoms with Gasteiger partial charge in [-0.1, -0.05) is 26.0 Å². The monoisotopic (exact) mass is 273 g/mol. The highest BCUT2D eigenvalue weighted by Crippen LogP contribution is 2.14. The molecule has 4 heteroatoms. The number of rotatable bonds is 6. The average Bonchev–Trinajstić information content (AvgIpc) is 2.73. The lowest BCUT2D eigenvalue weighted by Crippen LogP contribution is -2.21. The van der Waals surface area contributed by atoms with E-state index in [1.54, 1.807) is 0 Å². The van der Waals surface area contributed by atoms with Gasteiger partial charge in [0.1, 0.15) is 12.4 Å². The molecular weight excluding hydrogens is 250 g/mol. The number of hydrogen-bond acceptors (Lipinski definition) is 3. The number of aryl methyl sites for hydroxylation is 2. The average molecular weight is 273 g/mol. The van der Waals surface area contributed by atoms with Gasteiger partial charge in [0.2, 0.25) is 0 Å². The Bertz CT molecular complexity index is 543. The smallest absolute Gasteiger partial charge is 0.130 e.